The van der Waals surface area contributed by atoms with Crippen LogP contribution in [0.3, 0.4) is 0 Å². The highest BCUT2D eigenvalue weighted by molar-refractivity contribution is 7.99. The van der Waals surface area contributed by atoms with Gasteiger partial charge < -0.3 is 10.0 Å². The van der Waals surface area contributed by atoms with Gasteiger partial charge in [-0.25, -0.2) is 0 Å². The van der Waals surface area contributed by atoms with Crippen molar-refractivity contribution in [2.24, 2.45) is 0 Å². The molecular weight excluding hydrogens is 226 g/mol. The molecule has 1 fully saturated rings. The van der Waals surface area contributed by atoms with Crippen molar-refractivity contribution < 1.29 is 14.7 Å². The molecule has 0 spiro atoms. The fraction of sp³-hybridized carbons (Fsp3) is 0.818. The van der Waals surface area contributed by atoms with E-state index in [9.17, 15) is 9.59 Å². The first-order valence-electron chi connectivity index (χ1n) is 5.70. The molecule has 0 saturated carbocycles. The number of hydrogen-bond donors (Lipinski definition) is 1. The van der Waals surface area contributed by atoms with Gasteiger partial charge >= 0.3 is 5.97 Å². The predicted molar refractivity (Wildman–Crippen MR) is 64.4 cm³/mol. The fourth-order valence-corrected chi connectivity index (χ4v) is 3.02. The molecule has 1 rings (SSSR count). The van der Waals surface area contributed by atoms with Crippen LogP contribution in [0, 0.1) is 0 Å². The summed E-state index contributed by atoms with van der Waals surface area (Å²) in [5.41, 5.74) is 0. The summed E-state index contributed by atoms with van der Waals surface area (Å²) in [5, 5.41) is 8.78. The van der Waals surface area contributed by atoms with Gasteiger partial charge in [-0.3, -0.25) is 9.59 Å². The number of hydrogen-bond acceptors (Lipinski definition) is 3. The molecule has 0 radical (unpaired) electrons. The molecule has 5 heteroatoms. The number of thioether (sulfide) groups is 1. The third-order valence-electron chi connectivity index (χ3n) is 2.79. The molecule has 1 saturated heterocycles. The van der Waals surface area contributed by atoms with Crippen LogP contribution in [0.2, 0.25) is 0 Å². The highest BCUT2D eigenvalue weighted by atomic mass is 32.2. The van der Waals surface area contributed by atoms with E-state index in [0.717, 1.165) is 31.4 Å². The van der Waals surface area contributed by atoms with Gasteiger partial charge in [-0.2, -0.15) is 0 Å². The van der Waals surface area contributed by atoms with Crippen LogP contribution in [0.15, 0.2) is 0 Å². The summed E-state index contributed by atoms with van der Waals surface area (Å²) in [6.45, 7) is 0. The van der Waals surface area contributed by atoms with Crippen molar-refractivity contribution in [1.82, 2.24) is 4.90 Å². The summed E-state index contributed by atoms with van der Waals surface area (Å²) in [5.74, 6) is 0.428. The SMILES string of the molecule is CN1C(=O)CCSC1CCCCCC(=O)O. The van der Waals surface area contributed by atoms with E-state index in [1.54, 1.807) is 0 Å². The van der Waals surface area contributed by atoms with E-state index in [-0.39, 0.29) is 12.3 Å². The number of carbonyl (C=O) groups excluding carboxylic acids is 1. The molecule has 0 bridgehead atoms. The fourth-order valence-electron chi connectivity index (χ4n) is 1.78. The average Bonchev–Trinajstić information content (AvgIpc) is 2.23. The molecule has 16 heavy (non-hydrogen) atoms. The smallest absolute Gasteiger partial charge is 0.303 e. The maximum atomic E-state index is 11.4. The van der Waals surface area contributed by atoms with E-state index in [0.29, 0.717) is 11.8 Å². The lowest BCUT2D eigenvalue weighted by Gasteiger charge is -2.31. The molecule has 0 aliphatic carbocycles. The normalized spacial score (nSPS) is 21.2. The number of carboxylic acid groups (broad SMARTS) is 1. The second kappa shape index (κ2) is 6.78. The Hall–Kier alpha value is -0.710. The van der Waals surface area contributed by atoms with Gasteiger partial charge in [0, 0.05) is 25.6 Å². The Bertz CT molecular complexity index is 258. The first kappa shape index (κ1) is 13.4. The number of amides is 1. The predicted octanol–water partition coefficient (Wildman–Crippen LogP) is 1.94. The van der Waals surface area contributed by atoms with Crippen molar-refractivity contribution in [3.05, 3.63) is 0 Å². The second-order valence-corrected chi connectivity index (χ2v) is 5.36. The number of unbranched alkanes of at least 4 members (excludes halogenated alkanes) is 2. The minimum atomic E-state index is -0.723. The lowest BCUT2D eigenvalue weighted by Crippen LogP contribution is -2.38. The monoisotopic (exact) mass is 245 g/mol. The molecule has 1 atom stereocenters. The quantitative estimate of drug-likeness (QED) is 0.727. The van der Waals surface area contributed by atoms with Gasteiger partial charge in [-0.1, -0.05) is 12.8 Å². The van der Waals surface area contributed by atoms with Crippen LogP contribution in [0.5, 0.6) is 0 Å². The molecule has 4 nitrogen and oxygen atoms in total. The Morgan fingerprint density at radius 1 is 1.50 bits per heavy atom. The van der Waals surface area contributed by atoms with Gasteiger partial charge in [0.05, 0.1) is 5.37 Å². The third-order valence-corrected chi connectivity index (χ3v) is 4.17. The number of nitrogens with zero attached hydrogens (tertiary/aromatic N) is 1. The summed E-state index contributed by atoms with van der Waals surface area (Å²) in [4.78, 5) is 23.5. The van der Waals surface area contributed by atoms with Crippen LogP contribution in [0.25, 0.3) is 0 Å². The van der Waals surface area contributed by atoms with E-state index in [1.165, 1.54) is 0 Å². The van der Waals surface area contributed by atoms with E-state index >= 15 is 0 Å². The largest absolute Gasteiger partial charge is 0.481 e. The Morgan fingerprint density at radius 2 is 2.25 bits per heavy atom. The molecule has 1 heterocycles. The van der Waals surface area contributed by atoms with Crippen LogP contribution in [-0.2, 0) is 9.59 Å². The molecular formula is C11H19NO3S. The minimum absolute atomic E-state index is 0.231. The molecule has 1 aliphatic rings. The van der Waals surface area contributed by atoms with Crippen molar-refractivity contribution in [3.8, 4) is 0 Å². The Morgan fingerprint density at radius 3 is 2.94 bits per heavy atom. The van der Waals surface area contributed by atoms with Crippen molar-refractivity contribution in [1.29, 1.82) is 0 Å². The van der Waals surface area contributed by atoms with Gasteiger partial charge in [-0.05, 0) is 12.8 Å². The zero-order chi connectivity index (χ0) is 12.0. The topological polar surface area (TPSA) is 57.6 Å². The average molecular weight is 245 g/mol. The van der Waals surface area contributed by atoms with Crippen LogP contribution in [0.1, 0.15) is 38.5 Å². The zero-order valence-electron chi connectivity index (χ0n) is 9.65. The first-order valence-corrected chi connectivity index (χ1v) is 6.75. The lowest BCUT2D eigenvalue weighted by atomic mass is 10.1. The summed E-state index contributed by atoms with van der Waals surface area (Å²) in [7, 11) is 1.86. The van der Waals surface area contributed by atoms with Gasteiger partial charge in [-0.15, -0.1) is 11.8 Å². The second-order valence-electron chi connectivity index (χ2n) is 4.07. The number of carboxylic acids is 1. The molecule has 0 aromatic rings. The Labute approximate surface area is 100 Å². The molecule has 1 aliphatic heterocycles. The molecule has 1 N–H and O–H groups in total. The van der Waals surface area contributed by atoms with E-state index in [4.69, 9.17) is 5.11 Å². The van der Waals surface area contributed by atoms with Crippen LogP contribution >= 0.6 is 11.8 Å². The maximum Gasteiger partial charge on any atom is 0.303 e. The first-order chi connectivity index (χ1) is 7.61. The maximum absolute atomic E-state index is 11.4. The van der Waals surface area contributed by atoms with Crippen LogP contribution in [0.4, 0.5) is 0 Å². The van der Waals surface area contributed by atoms with E-state index in [2.05, 4.69) is 0 Å². The minimum Gasteiger partial charge on any atom is -0.481 e. The van der Waals surface area contributed by atoms with E-state index < -0.39 is 5.97 Å². The highest BCUT2D eigenvalue weighted by Gasteiger charge is 2.24. The molecule has 0 aromatic carbocycles. The molecule has 1 unspecified atom stereocenters. The van der Waals surface area contributed by atoms with Crippen molar-refractivity contribution >= 4 is 23.6 Å². The number of aliphatic carboxylic acids is 1. The third kappa shape index (κ3) is 4.43. The molecule has 92 valence electrons. The van der Waals surface area contributed by atoms with Crippen molar-refractivity contribution in [2.75, 3.05) is 12.8 Å². The standard InChI is InChI=1S/C11H19NO3S/c1-12-9(13)7-8-16-10(12)5-3-2-4-6-11(14)15/h10H,2-8H2,1H3,(H,14,15). The van der Waals surface area contributed by atoms with Gasteiger partial charge in [0.25, 0.3) is 0 Å². The summed E-state index contributed by atoms with van der Waals surface area (Å²) >= 11 is 1.83. The number of carbonyl (C=O) groups is 2. The summed E-state index contributed by atoms with van der Waals surface area (Å²) in [6.07, 6.45) is 4.56. The summed E-state index contributed by atoms with van der Waals surface area (Å²) < 4.78 is 0. The summed E-state index contributed by atoms with van der Waals surface area (Å²) in [6, 6.07) is 0. The van der Waals surface area contributed by atoms with Gasteiger partial charge in [0.2, 0.25) is 5.91 Å². The van der Waals surface area contributed by atoms with Gasteiger partial charge in [0.1, 0.15) is 0 Å². The lowest BCUT2D eigenvalue weighted by molar-refractivity contribution is -0.137. The molecule has 0 aromatic heterocycles. The van der Waals surface area contributed by atoms with Crippen LogP contribution in [-0.4, -0.2) is 40.1 Å². The highest BCUT2D eigenvalue weighted by Crippen LogP contribution is 2.26. The van der Waals surface area contributed by atoms with Crippen molar-refractivity contribution in [3.63, 3.8) is 0 Å². The molecule has 1 amide bonds. The Kier molecular flexibility index (Phi) is 5.66. The number of rotatable bonds is 6. The van der Waals surface area contributed by atoms with Gasteiger partial charge in [0.15, 0.2) is 0 Å². The van der Waals surface area contributed by atoms with Crippen LogP contribution < -0.4 is 0 Å². The zero-order valence-corrected chi connectivity index (χ0v) is 10.5. The van der Waals surface area contributed by atoms with E-state index in [1.807, 2.05) is 23.7 Å². The van der Waals surface area contributed by atoms with Crippen molar-refractivity contribution in [2.45, 2.75) is 43.9 Å². The Balaban J connectivity index is 2.12.